The highest BCUT2D eigenvalue weighted by atomic mass is 35.5. The molecule has 31 heavy (non-hydrogen) atoms. The van der Waals surface area contributed by atoms with E-state index in [-0.39, 0.29) is 12.1 Å². The molecule has 1 fully saturated rings. The number of rotatable bonds is 6. The Labute approximate surface area is 190 Å². The number of hydrogen-bond donors (Lipinski definition) is 2. The highest BCUT2D eigenvalue weighted by Gasteiger charge is 2.38. The minimum atomic E-state index is -0.526. The van der Waals surface area contributed by atoms with E-state index in [0.717, 1.165) is 42.6 Å². The van der Waals surface area contributed by atoms with Gasteiger partial charge in [-0.2, -0.15) is 4.98 Å². The average molecular weight is 445 g/mol. The van der Waals surface area contributed by atoms with Crippen LogP contribution in [0.2, 0.25) is 5.02 Å². The smallest absolute Gasteiger partial charge is 0.315 e. The van der Waals surface area contributed by atoms with E-state index in [0.29, 0.717) is 11.0 Å². The number of amides is 2. The van der Waals surface area contributed by atoms with Gasteiger partial charge in [0.05, 0.1) is 5.54 Å². The van der Waals surface area contributed by atoms with Crippen molar-refractivity contribution in [1.82, 2.24) is 14.9 Å². The van der Waals surface area contributed by atoms with Crippen LogP contribution in [0.25, 0.3) is 0 Å². The van der Waals surface area contributed by atoms with Crippen LogP contribution in [-0.2, 0) is 5.54 Å². The first-order chi connectivity index (χ1) is 14.6. The molecule has 2 amide bonds. The zero-order valence-electron chi connectivity index (χ0n) is 19.0. The molecular weight excluding hydrogens is 412 g/mol. The summed E-state index contributed by atoms with van der Waals surface area (Å²) < 4.78 is 0. The van der Waals surface area contributed by atoms with Crippen LogP contribution in [0.3, 0.4) is 0 Å². The van der Waals surface area contributed by atoms with Crippen molar-refractivity contribution in [3.05, 3.63) is 46.6 Å². The summed E-state index contributed by atoms with van der Waals surface area (Å²) in [5, 5.41) is 4.14. The molecule has 3 N–H and O–H groups in total. The molecule has 0 bridgehead atoms. The largest absolute Gasteiger partial charge is 0.362 e. The van der Waals surface area contributed by atoms with E-state index in [1.807, 2.05) is 75.1 Å². The fraction of sp³-hybridized carbons (Fsp3) is 0.522. The molecule has 0 spiro atoms. The number of aryl methyl sites for hydroxylation is 1. The standard InChI is InChI=1S/C23H33ClN6O/c1-15-14-26-22(28-20(15)29(4)5)27-18-10-12-19(13-11-18)30(21(25)31)23(2,3)16-6-8-17(24)9-7-16/h6-9,14,18-19H,10-13H2,1-5H3,(H2,25,31)(H,26,27,28)/t18-,19+. The van der Waals surface area contributed by atoms with Gasteiger partial charge in [0.1, 0.15) is 5.82 Å². The minimum Gasteiger partial charge on any atom is -0.362 e. The van der Waals surface area contributed by atoms with E-state index >= 15 is 0 Å². The third-order valence-electron chi connectivity index (χ3n) is 6.15. The van der Waals surface area contributed by atoms with Crippen molar-refractivity contribution in [3.63, 3.8) is 0 Å². The molecule has 0 unspecified atom stereocenters. The zero-order chi connectivity index (χ0) is 22.8. The Morgan fingerprint density at radius 1 is 1.16 bits per heavy atom. The van der Waals surface area contributed by atoms with Crippen LogP contribution in [0.15, 0.2) is 30.5 Å². The predicted octanol–water partition coefficient (Wildman–Crippen LogP) is 4.54. The van der Waals surface area contributed by atoms with Crippen molar-refractivity contribution in [1.29, 1.82) is 0 Å². The Morgan fingerprint density at radius 3 is 2.32 bits per heavy atom. The summed E-state index contributed by atoms with van der Waals surface area (Å²) >= 11 is 6.05. The van der Waals surface area contributed by atoms with Crippen LogP contribution >= 0.6 is 11.6 Å². The first-order valence-electron chi connectivity index (χ1n) is 10.7. The number of halogens is 1. The Kier molecular flexibility index (Phi) is 6.94. The second-order valence-corrected chi connectivity index (χ2v) is 9.46. The Hall–Kier alpha value is -2.54. The normalized spacial score (nSPS) is 19.0. The average Bonchev–Trinajstić information content (AvgIpc) is 2.70. The predicted molar refractivity (Wildman–Crippen MR) is 127 cm³/mol. The first-order valence-corrected chi connectivity index (χ1v) is 11.1. The lowest BCUT2D eigenvalue weighted by Gasteiger charge is -2.45. The second-order valence-electron chi connectivity index (χ2n) is 9.02. The molecule has 1 saturated carbocycles. The number of urea groups is 1. The van der Waals surface area contributed by atoms with E-state index in [1.54, 1.807) is 0 Å². The highest BCUT2D eigenvalue weighted by molar-refractivity contribution is 6.30. The van der Waals surface area contributed by atoms with Gasteiger partial charge in [-0.05, 0) is 64.2 Å². The van der Waals surface area contributed by atoms with Gasteiger partial charge in [-0.3, -0.25) is 0 Å². The Bertz CT molecular complexity index is 907. The molecule has 2 aromatic rings. The van der Waals surface area contributed by atoms with E-state index in [9.17, 15) is 4.79 Å². The highest BCUT2D eigenvalue weighted by Crippen LogP contribution is 2.35. The Balaban J connectivity index is 1.69. The fourth-order valence-electron chi connectivity index (χ4n) is 4.52. The van der Waals surface area contributed by atoms with Gasteiger partial charge >= 0.3 is 6.03 Å². The number of carbonyl (C=O) groups is 1. The van der Waals surface area contributed by atoms with Gasteiger partial charge in [0.25, 0.3) is 0 Å². The molecule has 168 valence electrons. The van der Waals surface area contributed by atoms with Gasteiger partial charge in [-0.15, -0.1) is 0 Å². The summed E-state index contributed by atoms with van der Waals surface area (Å²) in [5.41, 5.74) is 7.39. The lowest BCUT2D eigenvalue weighted by atomic mass is 9.85. The van der Waals surface area contributed by atoms with Crippen molar-refractivity contribution in [3.8, 4) is 0 Å². The van der Waals surface area contributed by atoms with Crippen molar-refractivity contribution in [2.75, 3.05) is 24.3 Å². The van der Waals surface area contributed by atoms with Gasteiger partial charge in [0.15, 0.2) is 0 Å². The maximum atomic E-state index is 12.5. The van der Waals surface area contributed by atoms with Gasteiger partial charge in [0.2, 0.25) is 5.95 Å². The topological polar surface area (TPSA) is 87.4 Å². The van der Waals surface area contributed by atoms with E-state index in [2.05, 4.69) is 15.3 Å². The maximum Gasteiger partial charge on any atom is 0.315 e. The van der Waals surface area contributed by atoms with Crippen LogP contribution in [0.5, 0.6) is 0 Å². The number of carbonyl (C=O) groups excluding carboxylic acids is 1. The van der Waals surface area contributed by atoms with Crippen LogP contribution in [0.1, 0.15) is 50.7 Å². The van der Waals surface area contributed by atoms with Gasteiger partial charge in [-0.25, -0.2) is 9.78 Å². The summed E-state index contributed by atoms with van der Waals surface area (Å²) in [6.07, 6.45) is 5.41. The number of anilines is 2. The summed E-state index contributed by atoms with van der Waals surface area (Å²) in [6, 6.07) is 7.57. The molecule has 0 saturated heterocycles. The lowest BCUT2D eigenvalue weighted by molar-refractivity contribution is 0.0826. The molecule has 1 aliphatic rings. The second kappa shape index (κ2) is 9.30. The van der Waals surface area contributed by atoms with Gasteiger partial charge < -0.3 is 20.9 Å². The molecule has 1 aromatic heterocycles. The van der Waals surface area contributed by atoms with E-state index < -0.39 is 11.6 Å². The molecule has 1 heterocycles. The molecule has 1 aromatic carbocycles. The molecule has 0 aliphatic heterocycles. The van der Waals surface area contributed by atoms with Crippen LogP contribution in [-0.4, -0.2) is 47.1 Å². The summed E-state index contributed by atoms with van der Waals surface area (Å²) in [7, 11) is 3.95. The summed E-state index contributed by atoms with van der Waals surface area (Å²) in [4.78, 5) is 25.4. The first kappa shape index (κ1) is 23.1. The third-order valence-corrected chi connectivity index (χ3v) is 6.41. The molecular formula is C23H33ClN6O. The number of nitrogens with one attached hydrogen (secondary N) is 1. The molecule has 3 rings (SSSR count). The number of hydrogen-bond acceptors (Lipinski definition) is 5. The number of nitrogens with two attached hydrogens (primary N) is 1. The number of primary amides is 1. The molecule has 0 radical (unpaired) electrons. The zero-order valence-corrected chi connectivity index (χ0v) is 19.8. The molecule has 7 nitrogen and oxygen atoms in total. The third kappa shape index (κ3) is 5.21. The fourth-order valence-corrected chi connectivity index (χ4v) is 4.65. The van der Waals surface area contributed by atoms with Crippen molar-refractivity contribution >= 4 is 29.4 Å². The summed E-state index contributed by atoms with van der Waals surface area (Å²) in [6.45, 7) is 6.08. The van der Waals surface area contributed by atoms with E-state index in [1.165, 1.54) is 0 Å². The Morgan fingerprint density at radius 2 is 1.77 bits per heavy atom. The van der Waals surface area contributed by atoms with E-state index in [4.69, 9.17) is 17.3 Å². The number of benzene rings is 1. The molecule has 8 heteroatoms. The lowest BCUT2D eigenvalue weighted by Crippen LogP contribution is -2.55. The van der Waals surface area contributed by atoms with Crippen LogP contribution in [0.4, 0.5) is 16.6 Å². The summed E-state index contributed by atoms with van der Waals surface area (Å²) in [5.74, 6) is 1.56. The molecule has 0 atom stereocenters. The van der Waals surface area contributed by atoms with Crippen molar-refractivity contribution < 1.29 is 4.79 Å². The van der Waals surface area contributed by atoms with Crippen LogP contribution < -0.4 is 16.0 Å². The molecule has 1 aliphatic carbocycles. The number of aromatic nitrogens is 2. The van der Waals surface area contributed by atoms with Crippen LogP contribution in [0, 0.1) is 6.92 Å². The SMILES string of the molecule is Cc1cnc(N[C@H]2CC[C@@H](N(C(N)=O)C(C)(C)c3ccc(Cl)cc3)CC2)nc1N(C)C. The van der Waals surface area contributed by atoms with Crippen molar-refractivity contribution in [2.24, 2.45) is 5.73 Å². The van der Waals surface area contributed by atoms with Crippen molar-refractivity contribution in [2.45, 2.75) is 64.1 Å². The van der Waals surface area contributed by atoms with Gasteiger partial charge in [0, 0.05) is 43.0 Å². The quantitative estimate of drug-likeness (QED) is 0.682. The number of nitrogens with zero attached hydrogens (tertiary/aromatic N) is 4. The minimum absolute atomic E-state index is 0.0810. The maximum absolute atomic E-state index is 12.5. The monoisotopic (exact) mass is 444 g/mol. The van der Waals surface area contributed by atoms with Gasteiger partial charge in [-0.1, -0.05) is 23.7 Å².